The molecule has 8 heteroatoms. The standard InChI is InChI=1S/C16H21F3N2O3/c1-12(22)21(9-7-15(23)20-8-4-10-24-2)14-6-3-5-13(11-14)16(17,18)19/h3,5-6,11H,4,7-10H2,1-2H3,(H,20,23). The molecule has 134 valence electrons. The fourth-order valence-corrected chi connectivity index (χ4v) is 2.06. The Morgan fingerprint density at radius 2 is 2.00 bits per heavy atom. The van der Waals surface area contributed by atoms with E-state index >= 15 is 0 Å². The number of anilines is 1. The molecule has 1 aromatic rings. The molecule has 0 saturated heterocycles. The topological polar surface area (TPSA) is 58.6 Å². The van der Waals surface area contributed by atoms with Gasteiger partial charge in [-0.1, -0.05) is 6.07 Å². The number of nitrogens with one attached hydrogen (secondary N) is 1. The summed E-state index contributed by atoms with van der Waals surface area (Å²) in [6.45, 7) is 2.21. The molecule has 1 rings (SSSR count). The van der Waals surface area contributed by atoms with Gasteiger partial charge in [0.2, 0.25) is 11.8 Å². The number of rotatable bonds is 8. The first kappa shape index (κ1) is 20.0. The van der Waals surface area contributed by atoms with E-state index in [1.54, 1.807) is 7.11 Å². The third kappa shape index (κ3) is 6.57. The van der Waals surface area contributed by atoms with Gasteiger partial charge in [-0.3, -0.25) is 9.59 Å². The number of nitrogens with zero attached hydrogens (tertiary/aromatic N) is 1. The first-order chi connectivity index (χ1) is 11.3. The minimum atomic E-state index is -4.49. The van der Waals surface area contributed by atoms with Crippen LogP contribution in [0, 0.1) is 0 Å². The number of benzene rings is 1. The van der Waals surface area contributed by atoms with Gasteiger partial charge < -0.3 is 15.0 Å². The van der Waals surface area contributed by atoms with E-state index in [-0.39, 0.29) is 24.6 Å². The number of methoxy groups -OCH3 is 1. The summed E-state index contributed by atoms with van der Waals surface area (Å²) >= 11 is 0. The van der Waals surface area contributed by atoms with Crippen LogP contribution in [0.15, 0.2) is 24.3 Å². The molecule has 0 bridgehead atoms. The molecule has 0 aliphatic rings. The van der Waals surface area contributed by atoms with E-state index in [0.717, 1.165) is 17.0 Å². The van der Waals surface area contributed by atoms with Crippen molar-refractivity contribution in [2.24, 2.45) is 0 Å². The van der Waals surface area contributed by atoms with Crippen molar-refractivity contribution in [2.75, 3.05) is 31.7 Å². The number of carbonyl (C=O) groups is 2. The second-order valence-corrected chi connectivity index (χ2v) is 5.17. The predicted octanol–water partition coefficient (Wildman–Crippen LogP) is 2.60. The molecule has 0 spiro atoms. The molecule has 24 heavy (non-hydrogen) atoms. The molecule has 0 unspecified atom stereocenters. The number of carbonyl (C=O) groups excluding carboxylic acids is 2. The van der Waals surface area contributed by atoms with E-state index in [2.05, 4.69) is 5.32 Å². The first-order valence-corrected chi connectivity index (χ1v) is 7.46. The van der Waals surface area contributed by atoms with Crippen molar-refractivity contribution in [1.29, 1.82) is 0 Å². The molecule has 1 aromatic carbocycles. The summed E-state index contributed by atoms with van der Waals surface area (Å²) in [5, 5.41) is 2.66. The van der Waals surface area contributed by atoms with E-state index < -0.39 is 17.6 Å². The molecule has 0 fully saturated rings. The Bertz CT molecular complexity index is 562. The minimum Gasteiger partial charge on any atom is -0.385 e. The van der Waals surface area contributed by atoms with Crippen LogP contribution in [-0.4, -0.2) is 38.6 Å². The maximum Gasteiger partial charge on any atom is 0.416 e. The fourth-order valence-electron chi connectivity index (χ4n) is 2.06. The highest BCUT2D eigenvalue weighted by Gasteiger charge is 2.31. The second kappa shape index (κ2) is 9.27. The quantitative estimate of drug-likeness (QED) is 0.736. The lowest BCUT2D eigenvalue weighted by molar-refractivity contribution is -0.137. The summed E-state index contributed by atoms with van der Waals surface area (Å²) in [6.07, 6.45) is -3.83. The van der Waals surface area contributed by atoms with Gasteiger partial charge in [0.15, 0.2) is 0 Å². The maximum atomic E-state index is 12.8. The summed E-state index contributed by atoms with van der Waals surface area (Å²) in [5.74, 6) is -0.703. The van der Waals surface area contributed by atoms with Gasteiger partial charge in [0.1, 0.15) is 0 Å². The van der Waals surface area contributed by atoms with Gasteiger partial charge in [-0.25, -0.2) is 0 Å². The van der Waals surface area contributed by atoms with Gasteiger partial charge in [0, 0.05) is 45.8 Å². The van der Waals surface area contributed by atoms with E-state index in [9.17, 15) is 22.8 Å². The highest BCUT2D eigenvalue weighted by molar-refractivity contribution is 5.92. The second-order valence-electron chi connectivity index (χ2n) is 5.17. The summed E-state index contributed by atoms with van der Waals surface area (Å²) < 4.78 is 43.2. The molecule has 2 amide bonds. The summed E-state index contributed by atoms with van der Waals surface area (Å²) in [7, 11) is 1.56. The van der Waals surface area contributed by atoms with Crippen LogP contribution in [0.4, 0.5) is 18.9 Å². The summed E-state index contributed by atoms with van der Waals surface area (Å²) in [4.78, 5) is 24.6. The molecule has 0 saturated carbocycles. The Hall–Kier alpha value is -2.09. The highest BCUT2D eigenvalue weighted by Crippen LogP contribution is 2.31. The van der Waals surface area contributed by atoms with Crippen LogP contribution in [0.5, 0.6) is 0 Å². The van der Waals surface area contributed by atoms with Crippen molar-refractivity contribution in [2.45, 2.75) is 25.9 Å². The van der Waals surface area contributed by atoms with Crippen LogP contribution in [0.1, 0.15) is 25.3 Å². The lowest BCUT2D eigenvalue weighted by atomic mass is 10.1. The van der Waals surface area contributed by atoms with Crippen LogP contribution in [0.25, 0.3) is 0 Å². The van der Waals surface area contributed by atoms with Gasteiger partial charge in [0.25, 0.3) is 0 Å². The molecule has 0 heterocycles. The summed E-state index contributed by atoms with van der Waals surface area (Å²) in [5.41, 5.74) is -0.722. The number of hydrogen-bond donors (Lipinski definition) is 1. The number of alkyl halides is 3. The molecule has 0 radical (unpaired) electrons. The molecular formula is C16H21F3N2O3. The van der Waals surface area contributed by atoms with Crippen LogP contribution < -0.4 is 10.2 Å². The van der Waals surface area contributed by atoms with Crippen molar-refractivity contribution in [1.82, 2.24) is 5.32 Å². The normalized spacial score (nSPS) is 11.2. The van der Waals surface area contributed by atoms with E-state index in [1.807, 2.05) is 0 Å². The van der Waals surface area contributed by atoms with Crippen molar-refractivity contribution in [3.63, 3.8) is 0 Å². The Morgan fingerprint density at radius 3 is 2.58 bits per heavy atom. The predicted molar refractivity (Wildman–Crippen MR) is 83.6 cm³/mol. The zero-order chi connectivity index (χ0) is 18.2. The van der Waals surface area contributed by atoms with Gasteiger partial charge in [-0.05, 0) is 24.6 Å². The van der Waals surface area contributed by atoms with Gasteiger partial charge >= 0.3 is 6.18 Å². The van der Waals surface area contributed by atoms with Crippen LogP contribution in [-0.2, 0) is 20.5 Å². The summed E-state index contributed by atoms with van der Waals surface area (Å²) in [6, 6.07) is 4.48. The smallest absolute Gasteiger partial charge is 0.385 e. The Morgan fingerprint density at radius 1 is 1.29 bits per heavy atom. The average Bonchev–Trinajstić information content (AvgIpc) is 2.51. The molecule has 0 aliphatic carbocycles. The van der Waals surface area contributed by atoms with Crippen LogP contribution in [0.2, 0.25) is 0 Å². The van der Waals surface area contributed by atoms with Crippen molar-refractivity contribution >= 4 is 17.5 Å². The van der Waals surface area contributed by atoms with Crippen LogP contribution in [0.3, 0.4) is 0 Å². The van der Waals surface area contributed by atoms with Gasteiger partial charge in [0.05, 0.1) is 5.56 Å². The number of amides is 2. The monoisotopic (exact) mass is 346 g/mol. The van der Waals surface area contributed by atoms with Crippen molar-refractivity contribution in [3.8, 4) is 0 Å². The first-order valence-electron chi connectivity index (χ1n) is 7.46. The molecule has 0 aliphatic heterocycles. The van der Waals surface area contributed by atoms with Crippen LogP contribution >= 0.6 is 0 Å². The highest BCUT2D eigenvalue weighted by atomic mass is 19.4. The molecule has 1 N–H and O–H groups in total. The SMILES string of the molecule is COCCCNC(=O)CCN(C(C)=O)c1cccc(C(F)(F)F)c1. The Balaban J connectivity index is 2.68. The zero-order valence-electron chi connectivity index (χ0n) is 13.7. The third-order valence-corrected chi connectivity index (χ3v) is 3.28. The lowest BCUT2D eigenvalue weighted by Crippen LogP contribution is -2.34. The van der Waals surface area contributed by atoms with Crippen molar-refractivity contribution in [3.05, 3.63) is 29.8 Å². The maximum absolute atomic E-state index is 12.8. The van der Waals surface area contributed by atoms with Gasteiger partial charge in [-0.15, -0.1) is 0 Å². The molecule has 0 atom stereocenters. The Labute approximate surface area is 138 Å². The average molecular weight is 346 g/mol. The Kier molecular flexibility index (Phi) is 7.70. The van der Waals surface area contributed by atoms with Crippen molar-refractivity contribution < 1.29 is 27.5 Å². The molecular weight excluding hydrogens is 325 g/mol. The largest absolute Gasteiger partial charge is 0.416 e. The van der Waals surface area contributed by atoms with E-state index in [4.69, 9.17) is 4.74 Å². The zero-order valence-corrected chi connectivity index (χ0v) is 13.7. The number of ether oxygens (including phenoxy) is 1. The number of halogens is 3. The van der Waals surface area contributed by atoms with Gasteiger partial charge in [-0.2, -0.15) is 13.2 Å². The lowest BCUT2D eigenvalue weighted by Gasteiger charge is -2.22. The van der Waals surface area contributed by atoms with E-state index in [0.29, 0.717) is 19.6 Å². The van der Waals surface area contributed by atoms with E-state index in [1.165, 1.54) is 19.1 Å². The fraction of sp³-hybridized carbons (Fsp3) is 0.500. The minimum absolute atomic E-state index is 0.00279. The molecule has 5 nitrogen and oxygen atoms in total. The third-order valence-electron chi connectivity index (χ3n) is 3.28. The number of hydrogen-bond acceptors (Lipinski definition) is 3. The molecule has 0 aromatic heterocycles.